The number of hydrogen-bond donors (Lipinski definition) is 0. The van der Waals surface area contributed by atoms with Crippen LogP contribution in [0.15, 0.2) is 23.9 Å². The Labute approximate surface area is 526 Å². The van der Waals surface area contributed by atoms with E-state index in [9.17, 15) is 38.4 Å². The fourth-order valence-electron chi connectivity index (χ4n) is 10.5. The highest BCUT2D eigenvalue weighted by molar-refractivity contribution is 5.83. The number of allylic oxidation sites excluding steroid dienone is 2. The Kier molecular flexibility index (Phi) is 28.5. The molecule has 0 N–H and O–H groups in total. The van der Waals surface area contributed by atoms with Crippen LogP contribution in [0.1, 0.15) is 131 Å². The number of piperazine rings is 1. The summed E-state index contributed by atoms with van der Waals surface area (Å²) in [6, 6.07) is -0.436. The van der Waals surface area contributed by atoms with E-state index in [1.807, 2.05) is 182 Å². The van der Waals surface area contributed by atoms with E-state index < -0.39 is 63.5 Å². The molecule has 24 heteroatoms. The number of ether oxygens (including phenoxy) is 6. The van der Waals surface area contributed by atoms with Crippen molar-refractivity contribution in [3.8, 4) is 0 Å². The van der Waals surface area contributed by atoms with Gasteiger partial charge in [0.05, 0.1) is 58.4 Å². The summed E-state index contributed by atoms with van der Waals surface area (Å²) in [6.45, 7) is 39.6. The minimum atomic E-state index is -0.710. The summed E-state index contributed by atoms with van der Waals surface area (Å²) in [4.78, 5) is 130. The van der Waals surface area contributed by atoms with Crippen LogP contribution >= 0.6 is 0 Å². The van der Waals surface area contributed by atoms with Gasteiger partial charge in [0.2, 0.25) is 11.8 Å². The molecule has 502 valence electrons. The van der Waals surface area contributed by atoms with Crippen LogP contribution in [0.3, 0.4) is 0 Å². The normalized spacial score (nSPS) is 20.4. The predicted octanol–water partition coefficient (Wildman–Crippen LogP) is 3.36. The van der Waals surface area contributed by atoms with Gasteiger partial charge >= 0.3 is 35.8 Å². The number of carbonyl (C=O) groups is 8. The third kappa shape index (κ3) is 31.1. The van der Waals surface area contributed by atoms with Gasteiger partial charge in [-0.25, -0.2) is 0 Å². The van der Waals surface area contributed by atoms with E-state index in [-0.39, 0.29) is 89.2 Å². The highest BCUT2D eigenvalue weighted by atomic mass is 16.6. The molecule has 24 nitrogen and oxygen atoms in total. The van der Waals surface area contributed by atoms with Crippen molar-refractivity contribution in [1.29, 1.82) is 0 Å². The molecule has 4 aliphatic rings. The number of fused-ring (bicyclic) bond motifs is 1. The van der Waals surface area contributed by atoms with E-state index in [0.717, 1.165) is 0 Å². The molecule has 3 fully saturated rings. The SMILES string of the molecule is CC(C)(C)OC(=O)CN1CCN(CC(=O)OC(C)(C)C)CCN(CC(=O)N2CCN(C(=O)CN3CCN(CC(=O)OC(C)(C)C)CCN(CC(=O)OC(C)(C)C)CCN(CC(=O)OC(C)(C)C)CC3)C3CC=CC=C32)CCN(CC(=O)OC(C)(C)C)CC1. The summed E-state index contributed by atoms with van der Waals surface area (Å²) in [5.41, 5.74) is -3.51. The van der Waals surface area contributed by atoms with Gasteiger partial charge in [0.15, 0.2) is 0 Å². The van der Waals surface area contributed by atoms with Crippen LogP contribution in [-0.2, 0) is 66.8 Å². The molecule has 0 aromatic carbocycles. The van der Waals surface area contributed by atoms with Gasteiger partial charge in [-0.1, -0.05) is 12.2 Å². The number of rotatable bonds is 16. The van der Waals surface area contributed by atoms with Gasteiger partial charge in [-0.15, -0.1) is 0 Å². The van der Waals surface area contributed by atoms with Crippen molar-refractivity contribution in [2.24, 2.45) is 0 Å². The first-order valence-electron chi connectivity index (χ1n) is 31.6. The van der Waals surface area contributed by atoms with E-state index in [4.69, 9.17) is 28.4 Å². The number of nitrogens with zero attached hydrogens (tertiary/aromatic N) is 10. The first-order valence-corrected chi connectivity index (χ1v) is 31.6. The Morgan fingerprint density at radius 2 is 0.534 bits per heavy atom. The Bertz CT molecular complexity index is 2300. The highest BCUT2D eigenvalue weighted by Crippen LogP contribution is 2.28. The van der Waals surface area contributed by atoms with Crippen LogP contribution in [0.25, 0.3) is 0 Å². The molecule has 3 heterocycles. The summed E-state index contributed by atoms with van der Waals surface area (Å²) in [5, 5.41) is 0. The molecule has 0 spiro atoms. The lowest BCUT2D eigenvalue weighted by Gasteiger charge is -2.45. The molecule has 4 rings (SSSR count). The number of carbonyl (C=O) groups excluding carboxylic acids is 8. The van der Waals surface area contributed by atoms with Gasteiger partial charge in [-0.05, 0) is 137 Å². The van der Waals surface area contributed by atoms with E-state index in [2.05, 4.69) is 4.90 Å². The Morgan fingerprint density at radius 3 is 0.761 bits per heavy atom. The van der Waals surface area contributed by atoms with Crippen LogP contribution in [0.4, 0.5) is 0 Å². The van der Waals surface area contributed by atoms with Crippen LogP contribution in [-0.4, -0.2) is 306 Å². The molecule has 1 atom stereocenters. The van der Waals surface area contributed by atoms with Crippen molar-refractivity contribution in [3.63, 3.8) is 0 Å². The molecule has 3 saturated heterocycles. The van der Waals surface area contributed by atoms with Gasteiger partial charge in [0.25, 0.3) is 0 Å². The van der Waals surface area contributed by atoms with Crippen LogP contribution < -0.4 is 0 Å². The smallest absolute Gasteiger partial charge is 0.320 e. The third-order valence-corrected chi connectivity index (χ3v) is 14.2. The van der Waals surface area contributed by atoms with Crippen molar-refractivity contribution < 1.29 is 66.8 Å². The minimum absolute atomic E-state index is 0.00779. The Hall–Kier alpha value is -5.08. The number of esters is 6. The van der Waals surface area contributed by atoms with E-state index in [1.54, 1.807) is 4.90 Å². The summed E-state index contributed by atoms with van der Waals surface area (Å²) >= 11 is 0. The molecule has 0 aromatic rings. The topological polar surface area (TPSA) is 224 Å². The monoisotopic (exact) mass is 1240 g/mol. The fraction of sp³-hybridized carbons (Fsp3) is 0.812. The zero-order valence-corrected chi connectivity index (χ0v) is 57.1. The van der Waals surface area contributed by atoms with E-state index in [1.165, 1.54) is 0 Å². The lowest BCUT2D eigenvalue weighted by molar-refractivity contribution is -0.158. The summed E-state index contributed by atoms with van der Waals surface area (Å²) in [6.07, 6.45) is 6.30. The van der Waals surface area contributed by atoms with Gasteiger partial charge in [0.1, 0.15) is 33.6 Å². The molecular weight excluding hydrogens is 1130 g/mol. The lowest BCUT2D eigenvalue weighted by Crippen LogP contribution is -2.58. The maximum atomic E-state index is 14.9. The second-order valence-electron chi connectivity index (χ2n) is 29.6. The highest BCUT2D eigenvalue weighted by Gasteiger charge is 2.39. The van der Waals surface area contributed by atoms with Crippen molar-refractivity contribution in [1.82, 2.24) is 49.0 Å². The molecule has 2 amide bonds. The minimum Gasteiger partial charge on any atom is -0.459 e. The van der Waals surface area contributed by atoms with E-state index >= 15 is 0 Å². The summed E-state index contributed by atoms with van der Waals surface area (Å²) < 4.78 is 34.5. The molecule has 88 heavy (non-hydrogen) atoms. The van der Waals surface area contributed by atoms with E-state index in [0.29, 0.717) is 117 Å². The van der Waals surface area contributed by atoms with Gasteiger partial charge in [-0.2, -0.15) is 0 Å². The molecule has 0 bridgehead atoms. The molecule has 0 radical (unpaired) electrons. The van der Waals surface area contributed by atoms with Crippen molar-refractivity contribution in [2.75, 3.05) is 170 Å². The van der Waals surface area contributed by atoms with Gasteiger partial charge in [-0.3, -0.25) is 77.6 Å². The fourth-order valence-corrected chi connectivity index (χ4v) is 10.5. The molecule has 1 unspecified atom stereocenters. The lowest BCUT2D eigenvalue weighted by atomic mass is 9.98. The van der Waals surface area contributed by atoms with Gasteiger partial charge in [0, 0.05) is 124 Å². The number of amides is 2. The largest absolute Gasteiger partial charge is 0.459 e. The zero-order chi connectivity index (χ0) is 66.0. The molecule has 1 aliphatic carbocycles. The second kappa shape index (κ2) is 33.3. The van der Waals surface area contributed by atoms with Crippen molar-refractivity contribution in [3.05, 3.63) is 23.9 Å². The first-order chi connectivity index (χ1) is 40.6. The van der Waals surface area contributed by atoms with Crippen LogP contribution in [0.5, 0.6) is 0 Å². The Balaban J connectivity index is 1.60. The second-order valence-corrected chi connectivity index (χ2v) is 29.6. The molecule has 0 aromatic heterocycles. The molecule has 3 aliphatic heterocycles. The van der Waals surface area contributed by atoms with Gasteiger partial charge < -0.3 is 38.2 Å². The van der Waals surface area contributed by atoms with Crippen molar-refractivity contribution >= 4 is 47.6 Å². The standard InChI is InChI=1S/C64H112N10O14/c1-59(2,3)83-53(77)43-67-27-23-65(24-28-68(44-54(78)84-60(4,5)6)32-36-71(35-31-67)47-57(81)87-63(13,14)15)41-51(75)73-39-40-74(50-22-20-19-21-49(50)73)52(76)42-66-25-29-69(45-55(79)85-61(7,8)9)33-37-72(48-58(82)88-64(16,17)18)38-34-70(30-26-66)46-56(80)86-62(10,11)12/h19-21,50H,22-48H2,1-18H3. The Morgan fingerprint density at radius 1 is 0.318 bits per heavy atom. The first kappa shape index (κ1) is 75.4. The maximum absolute atomic E-state index is 14.9. The maximum Gasteiger partial charge on any atom is 0.320 e. The van der Waals surface area contributed by atoms with Crippen LogP contribution in [0.2, 0.25) is 0 Å². The molecule has 0 saturated carbocycles. The number of hydrogen-bond acceptors (Lipinski definition) is 22. The zero-order valence-electron chi connectivity index (χ0n) is 57.1. The predicted molar refractivity (Wildman–Crippen MR) is 336 cm³/mol. The average Bonchev–Trinajstić information content (AvgIpc) is 1.49. The quantitative estimate of drug-likeness (QED) is 0.160. The van der Waals surface area contributed by atoms with Crippen molar-refractivity contribution in [2.45, 2.75) is 171 Å². The molecular formula is C64H112N10O14. The van der Waals surface area contributed by atoms with Crippen LogP contribution in [0, 0.1) is 0 Å². The summed E-state index contributed by atoms with van der Waals surface area (Å²) in [5.74, 6) is -2.63. The third-order valence-electron chi connectivity index (χ3n) is 14.2. The summed E-state index contributed by atoms with van der Waals surface area (Å²) in [7, 11) is 0. The average molecular weight is 1250 g/mol.